The highest BCUT2D eigenvalue weighted by Gasteiger charge is 2.59. The van der Waals surface area contributed by atoms with Gasteiger partial charge in [0.05, 0.1) is 6.42 Å². The molecular formula is C28H39NO8. The molecule has 3 saturated carbocycles. The maximum Gasteiger partial charge on any atom is 0.326 e. The molecule has 204 valence electrons. The highest BCUT2D eigenvalue weighted by atomic mass is 16.5. The van der Waals surface area contributed by atoms with Crippen molar-refractivity contribution >= 4 is 29.6 Å². The van der Waals surface area contributed by atoms with E-state index in [1.807, 2.05) is 6.08 Å². The van der Waals surface area contributed by atoms with E-state index in [1.165, 1.54) is 5.57 Å². The summed E-state index contributed by atoms with van der Waals surface area (Å²) in [5.41, 5.74) is 1.33. The zero-order valence-corrected chi connectivity index (χ0v) is 21.8. The van der Waals surface area contributed by atoms with Gasteiger partial charge in [-0.05, 0) is 80.6 Å². The van der Waals surface area contributed by atoms with Gasteiger partial charge in [0.25, 0.3) is 0 Å². The van der Waals surface area contributed by atoms with Crippen LogP contribution in [0, 0.1) is 28.6 Å². The van der Waals surface area contributed by atoms with Gasteiger partial charge in [-0.3, -0.25) is 19.2 Å². The molecule has 0 spiro atoms. The molecule has 4 rings (SSSR count). The number of ether oxygens (including phenoxy) is 1. The van der Waals surface area contributed by atoms with Gasteiger partial charge >= 0.3 is 17.9 Å². The van der Waals surface area contributed by atoms with E-state index in [4.69, 9.17) is 9.84 Å². The Hall–Kier alpha value is -2.71. The maximum atomic E-state index is 12.7. The van der Waals surface area contributed by atoms with Gasteiger partial charge in [-0.15, -0.1) is 0 Å². The van der Waals surface area contributed by atoms with Crippen LogP contribution < -0.4 is 5.32 Å². The number of carbonyl (C=O) groups excluding carboxylic acids is 3. The Morgan fingerprint density at radius 3 is 2.46 bits per heavy atom. The number of aliphatic carboxylic acids is 2. The summed E-state index contributed by atoms with van der Waals surface area (Å²) in [5, 5.41) is 20.2. The van der Waals surface area contributed by atoms with Crippen molar-refractivity contribution in [2.45, 2.75) is 103 Å². The zero-order valence-electron chi connectivity index (χ0n) is 21.8. The molecule has 9 heteroatoms. The van der Waals surface area contributed by atoms with E-state index in [-0.39, 0.29) is 48.4 Å². The van der Waals surface area contributed by atoms with Crippen LogP contribution in [0.1, 0.15) is 90.9 Å². The second kappa shape index (κ2) is 10.6. The molecule has 0 bridgehead atoms. The lowest BCUT2D eigenvalue weighted by molar-refractivity contribution is -0.160. The third kappa shape index (κ3) is 5.46. The van der Waals surface area contributed by atoms with Crippen LogP contribution >= 0.6 is 0 Å². The first kappa shape index (κ1) is 27.3. The molecule has 0 aromatic carbocycles. The Bertz CT molecular complexity index is 1000. The van der Waals surface area contributed by atoms with Gasteiger partial charge in [-0.2, -0.15) is 0 Å². The second-order valence-corrected chi connectivity index (χ2v) is 12.0. The van der Waals surface area contributed by atoms with E-state index in [0.717, 1.165) is 44.9 Å². The van der Waals surface area contributed by atoms with E-state index in [0.29, 0.717) is 24.2 Å². The van der Waals surface area contributed by atoms with Gasteiger partial charge in [0, 0.05) is 24.7 Å². The number of allylic oxidation sites excluding steroid dienone is 1. The van der Waals surface area contributed by atoms with Crippen molar-refractivity contribution in [3.63, 3.8) is 0 Å². The quantitative estimate of drug-likeness (QED) is 0.393. The molecule has 7 atom stereocenters. The van der Waals surface area contributed by atoms with E-state index in [1.54, 1.807) is 0 Å². The number of rotatable bonds is 9. The van der Waals surface area contributed by atoms with Crippen LogP contribution in [0.15, 0.2) is 11.6 Å². The Morgan fingerprint density at radius 1 is 1.00 bits per heavy atom. The molecule has 9 nitrogen and oxygen atoms in total. The molecule has 3 N–H and O–H groups in total. The Balaban J connectivity index is 1.31. The highest BCUT2D eigenvalue weighted by Crippen LogP contribution is 2.65. The molecule has 0 heterocycles. The fourth-order valence-corrected chi connectivity index (χ4v) is 7.93. The monoisotopic (exact) mass is 517 g/mol. The van der Waals surface area contributed by atoms with Gasteiger partial charge in [0.15, 0.2) is 5.78 Å². The summed E-state index contributed by atoms with van der Waals surface area (Å²) in [5.74, 6) is -1.70. The Labute approximate surface area is 217 Å². The standard InChI is InChI=1S/C28H39NO8/c1-27-13-11-17(30)15-16(27)3-4-18-19-5-7-22(28(19,2)14-12-20(18)27)37-25(34)10-8-23(31)29-21(26(35)36)6-9-24(32)33/h15,18-22H,3-14H2,1-2H3,(H,29,31)(H,32,33)(H,35,36). The molecule has 4 aliphatic rings. The van der Waals surface area contributed by atoms with E-state index < -0.39 is 29.9 Å². The van der Waals surface area contributed by atoms with Crippen LogP contribution in [0.2, 0.25) is 0 Å². The van der Waals surface area contributed by atoms with Crippen molar-refractivity contribution in [3.8, 4) is 0 Å². The summed E-state index contributed by atoms with van der Waals surface area (Å²) in [7, 11) is 0. The van der Waals surface area contributed by atoms with Crippen LogP contribution in [-0.2, 0) is 28.7 Å². The predicted octanol–water partition coefficient (Wildman–Crippen LogP) is 3.64. The molecule has 0 aliphatic heterocycles. The fraction of sp³-hybridized carbons (Fsp3) is 0.750. The normalized spacial score (nSPS) is 35.3. The van der Waals surface area contributed by atoms with Crippen molar-refractivity contribution in [1.82, 2.24) is 5.32 Å². The number of amides is 1. The number of carbonyl (C=O) groups is 5. The minimum atomic E-state index is -1.31. The van der Waals surface area contributed by atoms with Crippen molar-refractivity contribution in [2.24, 2.45) is 28.6 Å². The lowest BCUT2D eigenvalue weighted by Crippen LogP contribution is -2.51. The number of carboxylic acid groups (broad SMARTS) is 2. The number of fused-ring (bicyclic) bond motifs is 5. The van der Waals surface area contributed by atoms with Gasteiger partial charge in [-0.25, -0.2) is 4.79 Å². The topological polar surface area (TPSA) is 147 Å². The Kier molecular flexibility index (Phi) is 7.81. The van der Waals surface area contributed by atoms with Crippen molar-refractivity contribution in [2.75, 3.05) is 0 Å². The smallest absolute Gasteiger partial charge is 0.326 e. The molecule has 0 saturated heterocycles. The van der Waals surface area contributed by atoms with Crippen molar-refractivity contribution in [1.29, 1.82) is 0 Å². The van der Waals surface area contributed by atoms with Crippen molar-refractivity contribution in [3.05, 3.63) is 11.6 Å². The van der Waals surface area contributed by atoms with Crippen molar-refractivity contribution < 1.29 is 38.9 Å². The molecule has 7 unspecified atom stereocenters. The minimum Gasteiger partial charge on any atom is -0.481 e. The van der Waals surface area contributed by atoms with E-state index >= 15 is 0 Å². The average molecular weight is 518 g/mol. The summed E-state index contributed by atoms with van der Waals surface area (Å²) in [6.07, 6.45) is 8.20. The first-order chi connectivity index (χ1) is 17.4. The molecule has 0 radical (unpaired) electrons. The fourth-order valence-electron chi connectivity index (χ4n) is 7.93. The number of nitrogens with one attached hydrogen (secondary N) is 1. The first-order valence-electron chi connectivity index (χ1n) is 13.6. The lowest BCUT2D eigenvalue weighted by atomic mass is 9.47. The molecule has 0 aromatic rings. The highest BCUT2D eigenvalue weighted by molar-refractivity contribution is 5.91. The summed E-state index contributed by atoms with van der Waals surface area (Å²) in [6.45, 7) is 4.59. The third-order valence-corrected chi connectivity index (χ3v) is 9.99. The van der Waals surface area contributed by atoms with Crippen LogP contribution in [0.5, 0.6) is 0 Å². The SMILES string of the molecule is CC12CCC(=O)C=C1CCC1C2CCC2(C)C(OC(=O)CCC(=O)NC(CCC(=O)O)C(=O)O)CCC12. The zero-order chi connectivity index (χ0) is 27.0. The summed E-state index contributed by atoms with van der Waals surface area (Å²) >= 11 is 0. The van der Waals surface area contributed by atoms with Gasteiger partial charge in [-0.1, -0.05) is 19.4 Å². The largest absolute Gasteiger partial charge is 0.481 e. The molecular weight excluding hydrogens is 478 g/mol. The van der Waals surface area contributed by atoms with Gasteiger partial charge in [0.1, 0.15) is 12.1 Å². The minimum absolute atomic E-state index is 0.0958. The first-order valence-corrected chi connectivity index (χ1v) is 13.6. The molecule has 37 heavy (non-hydrogen) atoms. The van der Waals surface area contributed by atoms with Gasteiger partial charge in [0.2, 0.25) is 5.91 Å². The van der Waals surface area contributed by atoms with Crippen LogP contribution in [0.3, 0.4) is 0 Å². The average Bonchev–Trinajstić information content (AvgIpc) is 3.16. The maximum absolute atomic E-state index is 12.7. The second-order valence-electron chi connectivity index (χ2n) is 12.0. The van der Waals surface area contributed by atoms with Gasteiger partial charge < -0.3 is 20.3 Å². The molecule has 4 aliphatic carbocycles. The molecule has 1 amide bonds. The summed E-state index contributed by atoms with van der Waals surface area (Å²) < 4.78 is 5.92. The van der Waals surface area contributed by atoms with E-state index in [9.17, 15) is 29.1 Å². The summed E-state index contributed by atoms with van der Waals surface area (Å²) in [4.78, 5) is 58.9. The van der Waals surface area contributed by atoms with E-state index in [2.05, 4.69) is 19.2 Å². The third-order valence-electron chi connectivity index (χ3n) is 9.99. The van der Waals surface area contributed by atoms with Crippen LogP contribution in [0.4, 0.5) is 0 Å². The predicted molar refractivity (Wildman–Crippen MR) is 132 cm³/mol. The summed E-state index contributed by atoms with van der Waals surface area (Å²) in [6, 6.07) is -1.31. The van der Waals surface area contributed by atoms with Crippen LogP contribution in [-0.4, -0.2) is 52.0 Å². The number of hydrogen-bond donors (Lipinski definition) is 3. The molecule has 0 aromatic heterocycles. The number of esters is 1. The Morgan fingerprint density at radius 2 is 1.76 bits per heavy atom. The molecule has 3 fully saturated rings. The van der Waals surface area contributed by atoms with Crippen LogP contribution in [0.25, 0.3) is 0 Å². The number of ketones is 1. The number of hydrogen-bond acceptors (Lipinski definition) is 6. The lowest BCUT2D eigenvalue weighted by Gasteiger charge is -2.57. The number of carboxylic acids is 2.